The van der Waals surface area contributed by atoms with Gasteiger partial charge < -0.3 is 10.1 Å². The van der Waals surface area contributed by atoms with Gasteiger partial charge in [0.25, 0.3) is 0 Å². The smallest absolute Gasteiger partial charge is 0.0911 e. The fourth-order valence-electron chi connectivity index (χ4n) is 1.75. The zero-order chi connectivity index (χ0) is 11.5. The summed E-state index contributed by atoms with van der Waals surface area (Å²) in [6, 6.07) is 12.1. The first kappa shape index (κ1) is 10.5. The largest absolute Gasteiger partial charge is 0.369 e. The Morgan fingerprint density at radius 3 is 2.76 bits per heavy atom. The summed E-state index contributed by atoms with van der Waals surface area (Å²) in [6.45, 7) is 2.50. The van der Waals surface area contributed by atoms with E-state index in [1.54, 1.807) is 0 Å². The van der Waals surface area contributed by atoms with E-state index in [-0.39, 0.29) is 0 Å². The molecule has 1 aromatic carbocycles. The van der Waals surface area contributed by atoms with Crippen molar-refractivity contribution in [2.75, 3.05) is 13.1 Å². The normalized spacial score (nSPS) is 15.8. The van der Waals surface area contributed by atoms with Crippen LogP contribution in [0.25, 0.3) is 5.69 Å². The van der Waals surface area contributed by atoms with Gasteiger partial charge in [0.05, 0.1) is 24.1 Å². The number of ether oxygens (including phenoxy) is 1. The van der Waals surface area contributed by atoms with Gasteiger partial charge in [-0.1, -0.05) is 18.2 Å². The van der Waals surface area contributed by atoms with Crippen molar-refractivity contribution in [1.29, 1.82) is 0 Å². The molecule has 0 amide bonds. The summed E-state index contributed by atoms with van der Waals surface area (Å²) in [5.41, 5.74) is 2.05. The summed E-state index contributed by atoms with van der Waals surface area (Å²) in [4.78, 5) is 0. The average Bonchev–Trinajstić information content (AvgIpc) is 2.77. The highest BCUT2D eigenvalue weighted by Gasteiger charge is 2.17. The Morgan fingerprint density at radius 1 is 1.24 bits per heavy atom. The second kappa shape index (κ2) is 4.69. The van der Waals surface area contributed by atoms with E-state index < -0.39 is 0 Å². The van der Waals surface area contributed by atoms with E-state index in [0.29, 0.717) is 12.7 Å². The first-order chi connectivity index (χ1) is 8.42. The first-order valence-corrected chi connectivity index (χ1v) is 5.84. The maximum Gasteiger partial charge on any atom is 0.0911 e. The Bertz CT molecular complexity index is 476. The van der Waals surface area contributed by atoms with Crippen LogP contribution in [0.5, 0.6) is 0 Å². The summed E-state index contributed by atoms with van der Waals surface area (Å²) in [7, 11) is 0. The van der Waals surface area contributed by atoms with Gasteiger partial charge in [-0.3, -0.25) is 0 Å². The number of hydrogen-bond acceptors (Lipinski definition) is 3. The zero-order valence-electron chi connectivity index (χ0n) is 9.54. The number of aromatic nitrogens is 2. The minimum Gasteiger partial charge on any atom is -0.369 e. The second-order valence-electron chi connectivity index (χ2n) is 4.18. The van der Waals surface area contributed by atoms with E-state index in [0.717, 1.165) is 24.5 Å². The topological polar surface area (TPSA) is 39.1 Å². The Hall–Kier alpha value is -1.65. The molecule has 2 aromatic rings. The fourth-order valence-corrected chi connectivity index (χ4v) is 1.75. The molecule has 0 unspecified atom stereocenters. The van der Waals surface area contributed by atoms with E-state index in [1.165, 1.54) is 0 Å². The molecule has 1 N–H and O–H groups in total. The third-order valence-corrected chi connectivity index (χ3v) is 2.88. The lowest BCUT2D eigenvalue weighted by Gasteiger charge is -2.26. The maximum absolute atomic E-state index is 5.67. The number of hydrogen-bond donors (Lipinski definition) is 1. The third-order valence-electron chi connectivity index (χ3n) is 2.88. The van der Waals surface area contributed by atoms with Crippen LogP contribution in [0.1, 0.15) is 5.69 Å². The molecule has 1 fully saturated rings. The SMILES string of the molecule is c1ccc(-n2ccc(COC3CNC3)n2)cc1. The standard InChI is InChI=1S/C13H15N3O/c1-2-4-12(5-3-1)16-7-6-11(15-16)10-17-13-8-14-9-13/h1-7,13-14H,8-10H2. The van der Waals surface area contributed by atoms with E-state index in [1.807, 2.05) is 47.3 Å². The van der Waals surface area contributed by atoms with Gasteiger partial charge in [0.2, 0.25) is 0 Å². The lowest BCUT2D eigenvalue weighted by atomic mass is 10.2. The van der Waals surface area contributed by atoms with Crippen molar-refractivity contribution in [2.45, 2.75) is 12.7 Å². The highest BCUT2D eigenvalue weighted by Crippen LogP contribution is 2.09. The van der Waals surface area contributed by atoms with Gasteiger partial charge in [0.1, 0.15) is 0 Å². The Balaban J connectivity index is 1.65. The number of rotatable bonds is 4. The Morgan fingerprint density at radius 2 is 2.06 bits per heavy atom. The van der Waals surface area contributed by atoms with Crippen LogP contribution < -0.4 is 5.32 Å². The zero-order valence-corrected chi connectivity index (χ0v) is 9.54. The molecule has 1 aliphatic rings. The minimum atomic E-state index is 0.358. The average molecular weight is 229 g/mol. The molecule has 88 valence electrons. The van der Waals surface area contributed by atoms with Crippen LogP contribution in [0, 0.1) is 0 Å². The van der Waals surface area contributed by atoms with Gasteiger partial charge in [-0.25, -0.2) is 4.68 Å². The van der Waals surface area contributed by atoms with Crippen LogP contribution in [0.15, 0.2) is 42.6 Å². The molecule has 4 heteroatoms. The molecule has 0 spiro atoms. The predicted molar refractivity (Wildman–Crippen MR) is 65.0 cm³/mol. The molecular weight excluding hydrogens is 214 g/mol. The van der Waals surface area contributed by atoms with Crippen molar-refractivity contribution in [3.8, 4) is 5.69 Å². The molecule has 0 bridgehead atoms. The van der Waals surface area contributed by atoms with Crippen molar-refractivity contribution in [1.82, 2.24) is 15.1 Å². The van der Waals surface area contributed by atoms with Crippen LogP contribution >= 0.6 is 0 Å². The van der Waals surface area contributed by atoms with Crippen LogP contribution in [-0.4, -0.2) is 29.0 Å². The quantitative estimate of drug-likeness (QED) is 0.860. The van der Waals surface area contributed by atoms with E-state index in [2.05, 4.69) is 10.4 Å². The summed E-state index contributed by atoms with van der Waals surface area (Å²) >= 11 is 0. The number of para-hydroxylation sites is 1. The Kier molecular flexibility index (Phi) is 2.90. The monoisotopic (exact) mass is 229 g/mol. The van der Waals surface area contributed by atoms with Crippen molar-refractivity contribution < 1.29 is 4.74 Å². The molecule has 0 saturated carbocycles. The van der Waals surface area contributed by atoms with Crippen LogP contribution in [0.4, 0.5) is 0 Å². The fraction of sp³-hybridized carbons (Fsp3) is 0.308. The van der Waals surface area contributed by atoms with Gasteiger partial charge >= 0.3 is 0 Å². The highest BCUT2D eigenvalue weighted by atomic mass is 16.5. The minimum absolute atomic E-state index is 0.358. The molecular formula is C13H15N3O. The van der Waals surface area contributed by atoms with Crippen molar-refractivity contribution in [2.24, 2.45) is 0 Å². The maximum atomic E-state index is 5.67. The van der Waals surface area contributed by atoms with Gasteiger partial charge in [-0.05, 0) is 18.2 Å². The molecule has 3 rings (SSSR count). The molecule has 1 aromatic heterocycles. The predicted octanol–water partition coefficient (Wildman–Crippen LogP) is 1.36. The van der Waals surface area contributed by atoms with Crippen molar-refractivity contribution >= 4 is 0 Å². The van der Waals surface area contributed by atoms with Gasteiger partial charge in [0.15, 0.2) is 0 Å². The molecule has 4 nitrogen and oxygen atoms in total. The molecule has 1 saturated heterocycles. The summed E-state index contributed by atoms with van der Waals surface area (Å²) in [5.74, 6) is 0. The molecule has 2 heterocycles. The molecule has 1 aliphatic heterocycles. The number of nitrogens with one attached hydrogen (secondary N) is 1. The lowest BCUT2D eigenvalue weighted by Crippen LogP contribution is -2.48. The summed E-state index contributed by atoms with van der Waals surface area (Å²) in [5, 5.41) is 7.66. The summed E-state index contributed by atoms with van der Waals surface area (Å²) < 4.78 is 7.55. The van der Waals surface area contributed by atoms with Gasteiger partial charge in [0, 0.05) is 19.3 Å². The molecule has 17 heavy (non-hydrogen) atoms. The second-order valence-corrected chi connectivity index (χ2v) is 4.18. The van der Waals surface area contributed by atoms with E-state index in [9.17, 15) is 0 Å². The first-order valence-electron chi connectivity index (χ1n) is 5.84. The number of benzene rings is 1. The molecule has 0 aliphatic carbocycles. The van der Waals surface area contributed by atoms with Crippen LogP contribution in [-0.2, 0) is 11.3 Å². The molecule has 0 radical (unpaired) electrons. The van der Waals surface area contributed by atoms with Crippen molar-refractivity contribution in [3.05, 3.63) is 48.3 Å². The van der Waals surface area contributed by atoms with Gasteiger partial charge in [-0.15, -0.1) is 0 Å². The van der Waals surface area contributed by atoms with Crippen LogP contribution in [0.3, 0.4) is 0 Å². The van der Waals surface area contributed by atoms with Gasteiger partial charge in [-0.2, -0.15) is 5.10 Å². The molecule has 0 atom stereocenters. The van der Waals surface area contributed by atoms with E-state index >= 15 is 0 Å². The van der Waals surface area contributed by atoms with Crippen molar-refractivity contribution in [3.63, 3.8) is 0 Å². The third kappa shape index (κ3) is 2.38. The lowest BCUT2D eigenvalue weighted by molar-refractivity contribution is 0.00594. The van der Waals surface area contributed by atoms with Crippen LogP contribution in [0.2, 0.25) is 0 Å². The van der Waals surface area contributed by atoms with E-state index in [4.69, 9.17) is 4.74 Å². The summed E-state index contributed by atoms with van der Waals surface area (Å²) in [6.07, 6.45) is 2.32. The number of nitrogens with zero attached hydrogens (tertiary/aromatic N) is 2. The highest BCUT2D eigenvalue weighted by molar-refractivity contribution is 5.30. The Labute approximate surface area is 100 Å².